The molecule has 0 fully saturated rings. The lowest BCUT2D eigenvalue weighted by atomic mass is 10.1. The third-order valence-electron chi connectivity index (χ3n) is 4.88. The molecule has 0 aliphatic rings. The molecule has 0 bridgehead atoms. The smallest absolute Gasteiger partial charge is 0.269 e. The van der Waals surface area contributed by atoms with Crippen LogP contribution in [0, 0.1) is 6.92 Å². The highest BCUT2D eigenvalue weighted by atomic mass is 16.2. The largest absolute Gasteiger partial charge is 0.355 e. The number of carbonyl (C=O) groups excluding carboxylic acids is 2. The fourth-order valence-corrected chi connectivity index (χ4v) is 3.20. The molecule has 6 nitrogen and oxygen atoms in total. The Kier molecular flexibility index (Phi) is 5.89. The number of nitrogens with zero attached hydrogens (tertiary/aromatic N) is 1. The van der Waals surface area contributed by atoms with Gasteiger partial charge < -0.3 is 5.32 Å². The summed E-state index contributed by atoms with van der Waals surface area (Å²) in [7, 11) is 0. The van der Waals surface area contributed by atoms with E-state index < -0.39 is 0 Å². The van der Waals surface area contributed by atoms with E-state index in [2.05, 4.69) is 21.2 Å². The number of hydrogen-bond acceptors (Lipinski definition) is 4. The second-order valence-corrected chi connectivity index (χ2v) is 7.24. The summed E-state index contributed by atoms with van der Waals surface area (Å²) in [5.41, 5.74) is 10.1. The SMILES string of the molecule is Cc1ccc(CC(=O)NNC(=O)c2ccc(Nc3ccnc4ccccc34)cc2)cc1. The van der Waals surface area contributed by atoms with Crippen molar-refractivity contribution < 1.29 is 9.59 Å². The highest BCUT2D eigenvalue weighted by Gasteiger charge is 2.09. The number of hydrogen-bond donors (Lipinski definition) is 3. The Balaban J connectivity index is 1.34. The van der Waals surface area contributed by atoms with Gasteiger partial charge in [0, 0.05) is 28.5 Å². The average Bonchev–Trinajstić information content (AvgIpc) is 2.80. The molecule has 0 saturated heterocycles. The number of anilines is 2. The average molecular weight is 410 g/mol. The molecule has 31 heavy (non-hydrogen) atoms. The monoisotopic (exact) mass is 410 g/mol. The molecule has 0 aliphatic heterocycles. The quantitative estimate of drug-likeness (QED) is 0.429. The van der Waals surface area contributed by atoms with Crippen molar-refractivity contribution in [1.82, 2.24) is 15.8 Å². The molecule has 3 aromatic carbocycles. The van der Waals surface area contributed by atoms with Gasteiger partial charge in [-0.1, -0.05) is 48.0 Å². The summed E-state index contributed by atoms with van der Waals surface area (Å²) in [5.74, 6) is -0.654. The molecule has 1 aromatic heterocycles. The molecule has 0 spiro atoms. The minimum absolute atomic E-state index is 0.198. The van der Waals surface area contributed by atoms with E-state index >= 15 is 0 Å². The van der Waals surface area contributed by atoms with E-state index in [1.54, 1.807) is 18.3 Å². The molecule has 3 N–H and O–H groups in total. The number of aryl methyl sites for hydroxylation is 1. The fraction of sp³-hybridized carbons (Fsp3) is 0.0800. The maximum atomic E-state index is 12.3. The van der Waals surface area contributed by atoms with Gasteiger partial charge in [-0.3, -0.25) is 25.4 Å². The van der Waals surface area contributed by atoms with Crippen molar-refractivity contribution in [1.29, 1.82) is 0 Å². The maximum Gasteiger partial charge on any atom is 0.269 e. The Morgan fingerprint density at radius 1 is 0.839 bits per heavy atom. The van der Waals surface area contributed by atoms with Gasteiger partial charge in [-0.15, -0.1) is 0 Å². The number of carbonyl (C=O) groups is 2. The molecule has 1 heterocycles. The summed E-state index contributed by atoms with van der Waals surface area (Å²) in [6, 6.07) is 24.5. The van der Waals surface area contributed by atoms with Crippen LogP contribution in [0.25, 0.3) is 10.9 Å². The third-order valence-corrected chi connectivity index (χ3v) is 4.88. The normalized spacial score (nSPS) is 10.5. The molecular weight excluding hydrogens is 388 g/mol. The summed E-state index contributed by atoms with van der Waals surface area (Å²) >= 11 is 0. The summed E-state index contributed by atoms with van der Waals surface area (Å²) in [6.45, 7) is 1.99. The van der Waals surface area contributed by atoms with Crippen molar-refractivity contribution in [3.05, 3.63) is 102 Å². The first-order valence-electron chi connectivity index (χ1n) is 9.94. The Bertz CT molecular complexity index is 1210. The fourth-order valence-electron chi connectivity index (χ4n) is 3.20. The van der Waals surface area contributed by atoms with Crippen LogP contribution >= 0.6 is 0 Å². The van der Waals surface area contributed by atoms with Crippen LogP contribution in [0.15, 0.2) is 85.1 Å². The van der Waals surface area contributed by atoms with Crippen LogP contribution in [0.1, 0.15) is 21.5 Å². The van der Waals surface area contributed by atoms with Gasteiger partial charge in [0.05, 0.1) is 11.9 Å². The lowest BCUT2D eigenvalue weighted by Crippen LogP contribution is -2.42. The number of pyridine rings is 1. The molecule has 2 amide bonds. The first-order valence-corrected chi connectivity index (χ1v) is 9.94. The molecule has 0 saturated carbocycles. The minimum atomic E-state index is -0.377. The Morgan fingerprint density at radius 2 is 1.58 bits per heavy atom. The zero-order valence-corrected chi connectivity index (χ0v) is 17.1. The topological polar surface area (TPSA) is 83.1 Å². The summed E-state index contributed by atoms with van der Waals surface area (Å²) in [6.07, 6.45) is 1.95. The molecule has 0 atom stereocenters. The standard InChI is InChI=1S/C25H22N4O2/c1-17-6-8-18(9-7-17)16-24(30)28-29-25(31)19-10-12-20(13-11-19)27-23-14-15-26-22-5-3-2-4-21(22)23/h2-15H,16H2,1H3,(H,26,27)(H,28,30)(H,29,31). The number of hydrazine groups is 1. The van der Waals surface area contributed by atoms with Gasteiger partial charge in [0.15, 0.2) is 0 Å². The van der Waals surface area contributed by atoms with E-state index in [1.807, 2.05) is 73.7 Å². The Morgan fingerprint density at radius 3 is 2.35 bits per heavy atom. The Labute approximate surface area is 180 Å². The summed E-state index contributed by atoms with van der Waals surface area (Å²) in [4.78, 5) is 28.8. The first kappa shape index (κ1) is 20.1. The van der Waals surface area contributed by atoms with Gasteiger partial charge in [-0.05, 0) is 48.9 Å². The molecular formula is C25H22N4O2. The van der Waals surface area contributed by atoms with E-state index in [1.165, 1.54) is 0 Å². The molecule has 4 aromatic rings. The van der Waals surface area contributed by atoms with Crippen molar-refractivity contribution in [3.8, 4) is 0 Å². The van der Waals surface area contributed by atoms with Crippen molar-refractivity contribution in [3.63, 3.8) is 0 Å². The molecule has 0 aliphatic carbocycles. The van der Waals surface area contributed by atoms with Crippen LogP contribution in [0.4, 0.5) is 11.4 Å². The highest BCUT2D eigenvalue weighted by molar-refractivity contribution is 5.96. The third kappa shape index (κ3) is 5.05. The van der Waals surface area contributed by atoms with Crippen LogP contribution in [0.3, 0.4) is 0 Å². The molecule has 6 heteroatoms. The van der Waals surface area contributed by atoms with Gasteiger partial charge in [-0.2, -0.15) is 0 Å². The van der Waals surface area contributed by atoms with Gasteiger partial charge >= 0.3 is 0 Å². The lowest BCUT2D eigenvalue weighted by Gasteiger charge is -2.11. The van der Waals surface area contributed by atoms with Crippen molar-refractivity contribution in [2.45, 2.75) is 13.3 Å². The van der Waals surface area contributed by atoms with Crippen molar-refractivity contribution >= 4 is 34.1 Å². The zero-order chi connectivity index (χ0) is 21.6. The van der Waals surface area contributed by atoms with E-state index in [0.29, 0.717) is 5.56 Å². The van der Waals surface area contributed by atoms with E-state index in [-0.39, 0.29) is 18.2 Å². The lowest BCUT2D eigenvalue weighted by molar-refractivity contribution is -0.121. The minimum Gasteiger partial charge on any atom is -0.355 e. The van der Waals surface area contributed by atoms with Crippen molar-refractivity contribution in [2.75, 3.05) is 5.32 Å². The van der Waals surface area contributed by atoms with E-state index in [4.69, 9.17) is 0 Å². The number of para-hydroxylation sites is 1. The number of rotatable bonds is 5. The van der Waals surface area contributed by atoms with Gasteiger partial charge in [0.2, 0.25) is 5.91 Å². The second kappa shape index (κ2) is 9.09. The summed E-state index contributed by atoms with van der Waals surface area (Å²) in [5, 5.41) is 4.37. The number of benzene rings is 3. The van der Waals surface area contributed by atoms with Crippen LogP contribution in [-0.4, -0.2) is 16.8 Å². The second-order valence-electron chi connectivity index (χ2n) is 7.24. The molecule has 0 radical (unpaired) electrons. The predicted octanol–water partition coefficient (Wildman–Crippen LogP) is 4.29. The first-order chi connectivity index (χ1) is 15.1. The number of aromatic nitrogens is 1. The van der Waals surface area contributed by atoms with Crippen LogP contribution in [0.5, 0.6) is 0 Å². The molecule has 4 rings (SSSR count). The number of fused-ring (bicyclic) bond motifs is 1. The number of amides is 2. The Hall–Kier alpha value is -4.19. The predicted molar refractivity (Wildman–Crippen MR) is 122 cm³/mol. The van der Waals surface area contributed by atoms with E-state index in [9.17, 15) is 9.59 Å². The maximum absolute atomic E-state index is 12.3. The highest BCUT2D eigenvalue weighted by Crippen LogP contribution is 2.24. The van der Waals surface area contributed by atoms with Crippen LogP contribution in [-0.2, 0) is 11.2 Å². The van der Waals surface area contributed by atoms with Crippen LogP contribution in [0.2, 0.25) is 0 Å². The number of nitrogens with one attached hydrogen (secondary N) is 3. The molecule has 154 valence electrons. The molecule has 0 unspecified atom stereocenters. The van der Waals surface area contributed by atoms with Gasteiger partial charge in [-0.25, -0.2) is 0 Å². The van der Waals surface area contributed by atoms with Gasteiger partial charge in [0.25, 0.3) is 5.91 Å². The zero-order valence-electron chi connectivity index (χ0n) is 17.1. The summed E-state index contributed by atoms with van der Waals surface area (Å²) < 4.78 is 0. The van der Waals surface area contributed by atoms with Crippen LogP contribution < -0.4 is 16.2 Å². The van der Waals surface area contributed by atoms with Crippen molar-refractivity contribution in [2.24, 2.45) is 0 Å². The van der Waals surface area contributed by atoms with Gasteiger partial charge in [0.1, 0.15) is 0 Å². The van der Waals surface area contributed by atoms with E-state index in [0.717, 1.165) is 33.4 Å².